The van der Waals surface area contributed by atoms with E-state index in [0.717, 1.165) is 12.1 Å². The fourth-order valence-corrected chi connectivity index (χ4v) is 3.14. The van der Waals surface area contributed by atoms with Crippen LogP contribution in [0.1, 0.15) is 22.8 Å². The summed E-state index contributed by atoms with van der Waals surface area (Å²) in [6, 6.07) is 8.15. The van der Waals surface area contributed by atoms with Gasteiger partial charge in [0.05, 0.1) is 0 Å². The maximum atomic E-state index is 13.6. The van der Waals surface area contributed by atoms with Gasteiger partial charge in [-0.1, -0.05) is 6.07 Å². The lowest BCUT2D eigenvalue weighted by Crippen LogP contribution is -2.42. The Morgan fingerprint density at radius 2 is 1.71 bits per heavy atom. The quantitative estimate of drug-likeness (QED) is 0.710. The monoisotopic (exact) mass is 430 g/mol. The second kappa shape index (κ2) is 8.13. The van der Waals surface area contributed by atoms with Crippen molar-refractivity contribution in [2.45, 2.75) is 12.5 Å². The molecule has 0 saturated carbocycles. The molecule has 0 aliphatic carbocycles. The van der Waals surface area contributed by atoms with Crippen molar-refractivity contribution in [2.24, 2.45) is 0 Å². The summed E-state index contributed by atoms with van der Waals surface area (Å²) in [5, 5.41) is 4.96. The molecular weight excluding hydrogens is 410 g/mol. The summed E-state index contributed by atoms with van der Waals surface area (Å²) in [4.78, 5) is 51.5. The Labute approximate surface area is 176 Å². The summed E-state index contributed by atoms with van der Waals surface area (Å²) in [5.41, 5.74) is -0.788. The molecule has 1 aliphatic heterocycles. The minimum Gasteiger partial charge on any atom is -0.345 e. The number of nitrogens with one attached hydrogen (secondary N) is 2. The molecule has 162 valence electrons. The number of hydrogen-bond donors (Lipinski definition) is 2. The van der Waals surface area contributed by atoms with Crippen molar-refractivity contribution in [2.75, 3.05) is 26.0 Å². The van der Waals surface area contributed by atoms with Crippen LogP contribution in [0.25, 0.3) is 0 Å². The van der Waals surface area contributed by atoms with Crippen molar-refractivity contribution in [1.82, 2.24) is 15.1 Å². The van der Waals surface area contributed by atoms with Crippen LogP contribution in [0.4, 0.5) is 19.3 Å². The topological polar surface area (TPSA) is 98.8 Å². The molecule has 1 heterocycles. The fraction of sp³-hybridized carbons (Fsp3) is 0.238. The van der Waals surface area contributed by atoms with Gasteiger partial charge in [0.15, 0.2) is 11.6 Å². The van der Waals surface area contributed by atoms with Crippen molar-refractivity contribution in [3.63, 3.8) is 0 Å². The molecular formula is C21H20F2N4O4. The maximum Gasteiger partial charge on any atom is 0.325 e. The molecule has 10 heteroatoms. The van der Waals surface area contributed by atoms with Crippen molar-refractivity contribution in [3.05, 3.63) is 65.2 Å². The van der Waals surface area contributed by atoms with Gasteiger partial charge in [0.25, 0.3) is 11.8 Å². The van der Waals surface area contributed by atoms with Gasteiger partial charge >= 0.3 is 6.03 Å². The standard InChI is InChI=1S/C21H20F2N4O4/c1-21(13-6-9-15(22)16(23)10-13)19(30)27(20(31)25-21)11-17(28)24-14-7-4-12(5-8-14)18(29)26(2)3/h4-10H,11H2,1-3H3,(H,24,28)(H,25,31)/t21-/m0/s1. The molecule has 0 radical (unpaired) electrons. The second-order valence-electron chi connectivity index (χ2n) is 7.40. The smallest absolute Gasteiger partial charge is 0.325 e. The van der Waals surface area contributed by atoms with Crippen LogP contribution in [0.3, 0.4) is 0 Å². The Balaban J connectivity index is 1.70. The number of hydrogen-bond acceptors (Lipinski definition) is 4. The molecule has 2 aromatic rings. The Hall–Kier alpha value is -3.82. The first-order valence-electron chi connectivity index (χ1n) is 9.24. The largest absolute Gasteiger partial charge is 0.345 e. The molecule has 3 rings (SSSR count). The highest BCUT2D eigenvalue weighted by atomic mass is 19.2. The summed E-state index contributed by atoms with van der Waals surface area (Å²) >= 11 is 0. The van der Waals surface area contributed by atoms with Crippen LogP contribution in [0.5, 0.6) is 0 Å². The van der Waals surface area contributed by atoms with Crippen molar-refractivity contribution in [1.29, 1.82) is 0 Å². The van der Waals surface area contributed by atoms with Gasteiger partial charge in [-0.05, 0) is 48.9 Å². The zero-order valence-electron chi connectivity index (χ0n) is 17.0. The summed E-state index contributed by atoms with van der Waals surface area (Å²) in [6.45, 7) is 0.764. The first kappa shape index (κ1) is 21.9. The van der Waals surface area contributed by atoms with E-state index in [4.69, 9.17) is 0 Å². The summed E-state index contributed by atoms with van der Waals surface area (Å²) in [5.74, 6) is -3.86. The van der Waals surface area contributed by atoms with Crippen molar-refractivity contribution < 1.29 is 28.0 Å². The molecule has 31 heavy (non-hydrogen) atoms. The molecule has 0 spiro atoms. The van der Waals surface area contributed by atoms with Crippen LogP contribution in [-0.2, 0) is 15.1 Å². The average Bonchev–Trinajstić information content (AvgIpc) is 2.94. The van der Waals surface area contributed by atoms with Gasteiger partial charge in [-0.2, -0.15) is 0 Å². The highest BCUT2D eigenvalue weighted by Crippen LogP contribution is 2.29. The number of amides is 5. The number of urea groups is 1. The van der Waals surface area contributed by atoms with Gasteiger partial charge in [-0.25, -0.2) is 13.6 Å². The molecule has 0 bridgehead atoms. The molecule has 1 fully saturated rings. The Morgan fingerprint density at radius 1 is 1.06 bits per heavy atom. The normalized spacial score (nSPS) is 18.0. The Bertz CT molecular complexity index is 1070. The van der Waals surface area contributed by atoms with Gasteiger partial charge < -0.3 is 15.5 Å². The van der Waals surface area contributed by atoms with Gasteiger partial charge in [0.1, 0.15) is 12.1 Å². The number of nitrogens with zero attached hydrogens (tertiary/aromatic N) is 2. The lowest BCUT2D eigenvalue weighted by atomic mass is 9.92. The second-order valence-corrected chi connectivity index (χ2v) is 7.40. The predicted octanol–water partition coefficient (Wildman–Crippen LogP) is 2.07. The van der Waals surface area contributed by atoms with E-state index in [2.05, 4.69) is 10.6 Å². The molecule has 0 unspecified atom stereocenters. The lowest BCUT2D eigenvalue weighted by molar-refractivity contribution is -0.133. The van der Waals surface area contributed by atoms with Crippen LogP contribution in [0.2, 0.25) is 0 Å². The van der Waals surface area contributed by atoms with E-state index in [1.807, 2.05) is 0 Å². The third kappa shape index (κ3) is 4.23. The van der Waals surface area contributed by atoms with Gasteiger partial charge in [-0.3, -0.25) is 19.3 Å². The Kier molecular flexibility index (Phi) is 5.74. The van der Waals surface area contributed by atoms with Crippen LogP contribution in [0, 0.1) is 11.6 Å². The molecule has 2 aromatic carbocycles. The van der Waals surface area contributed by atoms with E-state index < -0.39 is 41.6 Å². The summed E-state index contributed by atoms with van der Waals surface area (Å²) in [7, 11) is 3.23. The highest BCUT2D eigenvalue weighted by Gasteiger charge is 2.49. The molecule has 1 atom stereocenters. The van der Waals surface area contributed by atoms with Gasteiger partial charge in [-0.15, -0.1) is 0 Å². The zero-order chi connectivity index (χ0) is 22.9. The van der Waals surface area contributed by atoms with E-state index >= 15 is 0 Å². The molecule has 2 N–H and O–H groups in total. The average molecular weight is 430 g/mol. The highest BCUT2D eigenvalue weighted by molar-refractivity contribution is 6.10. The summed E-state index contributed by atoms with van der Waals surface area (Å²) in [6.07, 6.45) is 0. The third-order valence-electron chi connectivity index (χ3n) is 4.90. The number of rotatable bonds is 5. The van der Waals surface area contributed by atoms with Crippen LogP contribution >= 0.6 is 0 Å². The minimum atomic E-state index is -1.64. The van der Waals surface area contributed by atoms with Crippen LogP contribution in [-0.4, -0.2) is 54.2 Å². The van der Waals surface area contributed by atoms with E-state index in [0.29, 0.717) is 16.2 Å². The van der Waals surface area contributed by atoms with E-state index in [9.17, 15) is 28.0 Å². The molecule has 1 saturated heterocycles. The number of halogens is 2. The number of imide groups is 1. The zero-order valence-corrected chi connectivity index (χ0v) is 17.0. The van der Waals surface area contributed by atoms with Gasteiger partial charge in [0, 0.05) is 25.3 Å². The lowest BCUT2D eigenvalue weighted by Gasteiger charge is -2.22. The number of anilines is 1. The SMILES string of the molecule is CN(C)C(=O)c1ccc(NC(=O)CN2C(=O)N[C@@](C)(c3ccc(F)c(F)c3)C2=O)cc1. The molecule has 5 amide bonds. The molecule has 8 nitrogen and oxygen atoms in total. The first-order valence-corrected chi connectivity index (χ1v) is 9.24. The number of carbonyl (C=O) groups excluding carboxylic acids is 4. The van der Waals surface area contributed by atoms with Crippen LogP contribution < -0.4 is 10.6 Å². The number of carbonyl (C=O) groups is 4. The van der Waals surface area contributed by atoms with Crippen molar-refractivity contribution >= 4 is 29.4 Å². The predicted molar refractivity (Wildman–Crippen MR) is 107 cm³/mol. The summed E-state index contributed by atoms with van der Waals surface area (Å²) < 4.78 is 26.8. The van der Waals surface area contributed by atoms with Gasteiger partial charge in [0.2, 0.25) is 5.91 Å². The Morgan fingerprint density at radius 3 is 2.29 bits per heavy atom. The van der Waals surface area contributed by atoms with E-state index in [1.54, 1.807) is 14.1 Å². The fourth-order valence-electron chi connectivity index (χ4n) is 3.14. The van der Waals surface area contributed by atoms with Crippen molar-refractivity contribution in [3.8, 4) is 0 Å². The third-order valence-corrected chi connectivity index (χ3v) is 4.90. The molecule has 0 aromatic heterocycles. The molecule has 1 aliphatic rings. The minimum absolute atomic E-state index is 0.0498. The number of benzene rings is 2. The maximum absolute atomic E-state index is 13.6. The van der Waals surface area contributed by atoms with E-state index in [-0.39, 0.29) is 11.5 Å². The van der Waals surface area contributed by atoms with Crippen LogP contribution in [0.15, 0.2) is 42.5 Å². The van der Waals surface area contributed by atoms with E-state index in [1.165, 1.54) is 42.2 Å². The first-order chi connectivity index (χ1) is 14.5.